The van der Waals surface area contributed by atoms with Gasteiger partial charge in [-0.2, -0.15) is 9.59 Å². The maximum atomic E-state index is 8.12. The van der Waals surface area contributed by atoms with Gasteiger partial charge < -0.3 is 4.90 Å². The molecular weight excluding hydrogens is 142 g/mol. The molecule has 1 rings (SSSR count). The van der Waals surface area contributed by atoms with Gasteiger partial charge in [0.25, 0.3) is 0 Å². The molecule has 0 amide bonds. The quantitative estimate of drug-likeness (QED) is 0.594. The molecule has 64 valence electrons. The Morgan fingerprint density at radius 2 is 1.91 bits per heavy atom. The van der Waals surface area contributed by atoms with E-state index < -0.39 is 0 Å². The number of nitrogens with zero attached hydrogens (tertiary/aromatic N) is 1. The summed E-state index contributed by atoms with van der Waals surface area (Å²) in [6, 6.07) is 0. The van der Waals surface area contributed by atoms with Crippen molar-refractivity contribution in [2.24, 2.45) is 5.92 Å². The van der Waals surface area contributed by atoms with Crippen LogP contribution in [0.3, 0.4) is 0 Å². The molecule has 1 saturated heterocycles. The summed E-state index contributed by atoms with van der Waals surface area (Å²) in [5, 5.41) is 0. The fourth-order valence-corrected chi connectivity index (χ4v) is 1.42. The molecule has 0 spiro atoms. The average molecular weight is 157 g/mol. The van der Waals surface area contributed by atoms with Gasteiger partial charge in [-0.05, 0) is 19.4 Å². The van der Waals surface area contributed by atoms with Crippen molar-refractivity contribution in [2.45, 2.75) is 19.8 Å². The Balaban J connectivity index is 0.000000292. The van der Waals surface area contributed by atoms with Gasteiger partial charge in [-0.1, -0.05) is 13.3 Å². The molecule has 0 atom stereocenters. The van der Waals surface area contributed by atoms with Gasteiger partial charge in [-0.25, -0.2) is 0 Å². The zero-order valence-corrected chi connectivity index (χ0v) is 7.17. The second-order valence-electron chi connectivity index (χ2n) is 2.96. The zero-order chi connectivity index (χ0) is 8.69. The van der Waals surface area contributed by atoms with E-state index in [1.165, 1.54) is 25.9 Å². The molecular formula is C8H15NO2. The van der Waals surface area contributed by atoms with Crippen LogP contribution in [0.4, 0.5) is 0 Å². The highest BCUT2D eigenvalue weighted by Gasteiger charge is 2.21. The van der Waals surface area contributed by atoms with E-state index in [0.717, 1.165) is 5.92 Å². The van der Waals surface area contributed by atoms with Crippen LogP contribution in [-0.4, -0.2) is 31.2 Å². The Morgan fingerprint density at radius 1 is 1.45 bits per heavy atom. The lowest BCUT2D eigenvalue weighted by Gasteiger charge is -2.35. The van der Waals surface area contributed by atoms with Crippen molar-refractivity contribution in [1.29, 1.82) is 0 Å². The van der Waals surface area contributed by atoms with Gasteiger partial charge >= 0.3 is 6.15 Å². The molecule has 1 aliphatic rings. The van der Waals surface area contributed by atoms with Gasteiger partial charge in [0.2, 0.25) is 0 Å². The molecule has 3 heteroatoms. The van der Waals surface area contributed by atoms with Crippen LogP contribution in [0.1, 0.15) is 19.8 Å². The van der Waals surface area contributed by atoms with E-state index in [0.29, 0.717) is 0 Å². The van der Waals surface area contributed by atoms with Crippen molar-refractivity contribution in [2.75, 3.05) is 20.1 Å². The average Bonchev–Trinajstić information content (AvgIpc) is 1.87. The lowest BCUT2D eigenvalue weighted by Crippen LogP contribution is -2.43. The van der Waals surface area contributed by atoms with E-state index >= 15 is 0 Å². The number of carbonyl (C=O) groups excluding carboxylic acids is 2. The zero-order valence-electron chi connectivity index (χ0n) is 7.17. The van der Waals surface area contributed by atoms with Crippen LogP contribution < -0.4 is 0 Å². The molecule has 3 nitrogen and oxygen atoms in total. The minimum absolute atomic E-state index is 0.250. The minimum atomic E-state index is 0.250. The molecule has 0 aromatic carbocycles. The monoisotopic (exact) mass is 157 g/mol. The Morgan fingerprint density at radius 3 is 2.18 bits per heavy atom. The van der Waals surface area contributed by atoms with Crippen LogP contribution in [0.5, 0.6) is 0 Å². The van der Waals surface area contributed by atoms with Gasteiger partial charge in [0.05, 0.1) is 0 Å². The van der Waals surface area contributed by atoms with E-state index in [4.69, 9.17) is 9.59 Å². The fraction of sp³-hybridized carbons (Fsp3) is 0.875. The van der Waals surface area contributed by atoms with Crippen LogP contribution in [-0.2, 0) is 9.59 Å². The summed E-state index contributed by atoms with van der Waals surface area (Å²) in [5.74, 6) is 1.03. The number of rotatable bonds is 2. The first-order valence-corrected chi connectivity index (χ1v) is 3.92. The summed E-state index contributed by atoms with van der Waals surface area (Å²) in [7, 11) is 2.19. The van der Waals surface area contributed by atoms with Gasteiger partial charge in [0, 0.05) is 13.1 Å². The Labute approximate surface area is 67.4 Å². The van der Waals surface area contributed by atoms with Gasteiger partial charge in [0.15, 0.2) is 0 Å². The second-order valence-corrected chi connectivity index (χ2v) is 2.96. The van der Waals surface area contributed by atoms with Crippen LogP contribution >= 0.6 is 0 Å². The van der Waals surface area contributed by atoms with Crippen LogP contribution in [0, 0.1) is 5.92 Å². The second kappa shape index (κ2) is 6.08. The smallest absolute Gasteiger partial charge is 0.306 e. The highest BCUT2D eigenvalue weighted by atomic mass is 16.2. The number of likely N-dealkylation sites (tertiary alicyclic amines) is 1. The third-order valence-corrected chi connectivity index (χ3v) is 1.84. The summed E-state index contributed by atoms with van der Waals surface area (Å²) >= 11 is 0. The first-order valence-electron chi connectivity index (χ1n) is 3.92. The molecule has 0 saturated carbocycles. The standard InChI is InChI=1S/C7H15N.CO2/c1-3-4-7-5-8(2)6-7;2-1-3/h7H,3-6H2,1-2H3;. The predicted molar refractivity (Wildman–Crippen MR) is 40.9 cm³/mol. The highest BCUT2D eigenvalue weighted by molar-refractivity contribution is 5.20. The topological polar surface area (TPSA) is 37.4 Å². The van der Waals surface area contributed by atoms with Crippen LogP contribution in [0.15, 0.2) is 0 Å². The third kappa shape index (κ3) is 4.71. The molecule has 0 aromatic heterocycles. The lowest BCUT2D eigenvalue weighted by atomic mass is 9.96. The molecule has 1 fully saturated rings. The first-order chi connectivity index (χ1) is 5.24. The number of hydrogen-bond acceptors (Lipinski definition) is 3. The van der Waals surface area contributed by atoms with Crippen molar-refractivity contribution in [3.8, 4) is 0 Å². The predicted octanol–water partition coefficient (Wildman–Crippen LogP) is 0.765. The summed E-state index contributed by atoms with van der Waals surface area (Å²) in [5.41, 5.74) is 0. The Hall–Kier alpha value is -0.660. The third-order valence-electron chi connectivity index (χ3n) is 1.84. The molecule has 0 aromatic rings. The van der Waals surface area contributed by atoms with E-state index in [9.17, 15) is 0 Å². The minimum Gasteiger partial charge on any atom is -0.306 e. The Bertz CT molecular complexity index is 121. The van der Waals surface area contributed by atoms with E-state index in [2.05, 4.69) is 18.9 Å². The van der Waals surface area contributed by atoms with Crippen molar-refractivity contribution in [1.82, 2.24) is 4.90 Å². The normalized spacial score (nSPS) is 17.6. The molecule has 0 unspecified atom stereocenters. The molecule has 0 N–H and O–H groups in total. The van der Waals surface area contributed by atoms with Gasteiger partial charge in [-0.3, -0.25) is 0 Å². The van der Waals surface area contributed by atoms with Crippen molar-refractivity contribution < 1.29 is 9.59 Å². The van der Waals surface area contributed by atoms with E-state index in [-0.39, 0.29) is 6.15 Å². The summed E-state index contributed by atoms with van der Waals surface area (Å²) in [6.07, 6.45) is 3.04. The highest BCUT2D eigenvalue weighted by Crippen LogP contribution is 2.17. The van der Waals surface area contributed by atoms with Gasteiger partial charge in [0.1, 0.15) is 0 Å². The fourth-order valence-electron chi connectivity index (χ4n) is 1.42. The summed E-state index contributed by atoms with van der Waals surface area (Å²) < 4.78 is 0. The molecule has 0 bridgehead atoms. The SMILES string of the molecule is CCCC1CN(C)C1.O=C=O. The molecule has 1 aliphatic heterocycles. The summed E-state index contributed by atoms with van der Waals surface area (Å²) in [4.78, 5) is 18.6. The maximum Gasteiger partial charge on any atom is 0.373 e. The first kappa shape index (κ1) is 10.3. The van der Waals surface area contributed by atoms with Crippen molar-refractivity contribution >= 4 is 6.15 Å². The van der Waals surface area contributed by atoms with Crippen molar-refractivity contribution in [3.05, 3.63) is 0 Å². The molecule has 0 radical (unpaired) electrons. The molecule has 0 aliphatic carbocycles. The van der Waals surface area contributed by atoms with Crippen LogP contribution in [0.2, 0.25) is 0 Å². The number of hydrogen-bond donors (Lipinski definition) is 0. The van der Waals surface area contributed by atoms with Crippen LogP contribution in [0.25, 0.3) is 0 Å². The van der Waals surface area contributed by atoms with Crippen molar-refractivity contribution in [3.63, 3.8) is 0 Å². The molecule has 11 heavy (non-hydrogen) atoms. The summed E-state index contributed by atoms with van der Waals surface area (Å²) in [6.45, 7) is 4.94. The van der Waals surface area contributed by atoms with E-state index in [1.807, 2.05) is 0 Å². The lowest BCUT2D eigenvalue weighted by molar-refractivity contribution is -0.191. The van der Waals surface area contributed by atoms with E-state index in [1.54, 1.807) is 0 Å². The Kier molecular flexibility index (Phi) is 5.71. The largest absolute Gasteiger partial charge is 0.373 e. The maximum absolute atomic E-state index is 8.12. The van der Waals surface area contributed by atoms with Gasteiger partial charge in [-0.15, -0.1) is 0 Å². The molecule has 1 heterocycles.